The summed E-state index contributed by atoms with van der Waals surface area (Å²) in [5.41, 5.74) is 8.54. The zero-order valence-corrected chi connectivity index (χ0v) is 21.8. The number of thiocarbonyl (C=S) groups is 1. The number of carbonyl (C=O) groups excluding carboxylic acids is 2. The fourth-order valence-corrected chi connectivity index (χ4v) is 3.85. The van der Waals surface area contributed by atoms with Crippen LogP contribution in [0.15, 0.2) is 71.2 Å². The number of amides is 2. The van der Waals surface area contributed by atoms with Crippen molar-refractivity contribution in [2.75, 3.05) is 13.2 Å². The van der Waals surface area contributed by atoms with Gasteiger partial charge in [0.05, 0.1) is 11.1 Å². The minimum Gasteiger partial charge on any atom is -0.492 e. The molecule has 0 saturated carbocycles. The van der Waals surface area contributed by atoms with Crippen molar-refractivity contribution in [1.82, 2.24) is 16.2 Å². The van der Waals surface area contributed by atoms with Crippen LogP contribution in [0.4, 0.5) is 0 Å². The second-order valence-corrected chi connectivity index (χ2v) is 9.06. The third kappa shape index (κ3) is 8.70. The van der Waals surface area contributed by atoms with Gasteiger partial charge in [0, 0.05) is 12.0 Å². The minimum atomic E-state index is -0.444. The van der Waals surface area contributed by atoms with Crippen LogP contribution < -0.4 is 25.6 Å². The summed E-state index contributed by atoms with van der Waals surface area (Å²) in [4.78, 5) is 24.5. The van der Waals surface area contributed by atoms with Crippen LogP contribution in [-0.2, 0) is 11.2 Å². The van der Waals surface area contributed by atoms with E-state index in [-0.39, 0.29) is 11.7 Å². The number of halogens is 1. The SMILES string of the molecule is Cc1cc(C)cc(OCC(=O)NNC(=S)NC(=O)c2ccc(OCCc3ccccc3)c(Br)c2)c1. The number of carbonyl (C=O) groups is 2. The Morgan fingerprint density at radius 3 is 2.31 bits per heavy atom. The molecular weight excluding hydrogens is 530 g/mol. The standard InChI is InChI=1S/C26H26BrN3O4S/c1-17-12-18(2)14-21(13-17)34-16-24(31)29-30-26(35)28-25(32)20-8-9-23(22(27)15-20)33-11-10-19-6-4-3-5-7-19/h3-9,12-15H,10-11,16H2,1-2H3,(H,29,31)(H2,28,30,32,35). The number of rotatable bonds is 8. The summed E-state index contributed by atoms with van der Waals surface area (Å²) < 4.78 is 12.0. The highest BCUT2D eigenvalue weighted by molar-refractivity contribution is 9.10. The van der Waals surface area contributed by atoms with Crippen molar-refractivity contribution in [3.05, 3.63) is 93.5 Å². The van der Waals surface area contributed by atoms with E-state index in [1.54, 1.807) is 18.2 Å². The first kappa shape index (κ1) is 26.2. The van der Waals surface area contributed by atoms with Gasteiger partial charge in [-0.25, -0.2) is 0 Å². The van der Waals surface area contributed by atoms with Gasteiger partial charge in [-0.3, -0.25) is 25.8 Å². The van der Waals surface area contributed by atoms with Gasteiger partial charge in [-0.15, -0.1) is 0 Å². The molecule has 0 aliphatic rings. The Balaban J connectivity index is 1.41. The van der Waals surface area contributed by atoms with Gasteiger partial charge in [0.15, 0.2) is 11.7 Å². The molecule has 0 unspecified atom stereocenters. The molecule has 0 aromatic heterocycles. The van der Waals surface area contributed by atoms with Crippen LogP contribution in [0.2, 0.25) is 0 Å². The van der Waals surface area contributed by atoms with E-state index in [4.69, 9.17) is 21.7 Å². The van der Waals surface area contributed by atoms with Gasteiger partial charge in [-0.1, -0.05) is 36.4 Å². The van der Waals surface area contributed by atoms with Crippen molar-refractivity contribution in [1.29, 1.82) is 0 Å². The van der Waals surface area contributed by atoms with E-state index < -0.39 is 11.8 Å². The summed E-state index contributed by atoms with van der Waals surface area (Å²) in [5, 5.41) is 2.47. The Labute approximate surface area is 218 Å². The summed E-state index contributed by atoms with van der Waals surface area (Å²) in [6, 6.07) is 20.7. The van der Waals surface area contributed by atoms with Crippen LogP contribution in [0.5, 0.6) is 11.5 Å². The van der Waals surface area contributed by atoms with Crippen molar-refractivity contribution in [2.45, 2.75) is 20.3 Å². The van der Waals surface area contributed by atoms with Crippen LogP contribution >= 0.6 is 28.1 Å². The summed E-state index contributed by atoms with van der Waals surface area (Å²) in [7, 11) is 0. The third-order valence-electron chi connectivity index (χ3n) is 4.79. The number of hydrogen-bond donors (Lipinski definition) is 3. The predicted molar refractivity (Wildman–Crippen MR) is 143 cm³/mol. The van der Waals surface area contributed by atoms with E-state index in [0.717, 1.165) is 17.5 Å². The third-order valence-corrected chi connectivity index (χ3v) is 5.62. The van der Waals surface area contributed by atoms with Gasteiger partial charge < -0.3 is 9.47 Å². The molecule has 35 heavy (non-hydrogen) atoms. The molecule has 3 aromatic rings. The van der Waals surface area contributed by atoms with E-state index in [2.05, 4.69) is 32.1 Å². The van der Waals surface area contributed by atoms with Crippen LogP contribution in [0.25, 0.3) is 0 Å². The Kier molecular flexibility index (Phi) is 9.63. The lowest BCUT2D eigenvalue weighted by atomic mass is 10.1. The van der Waals surface area contributed by atoms with Gasteiger partial charge >= 0.3 is 0 Å². The van der Waals surface area contributed by atoms with Gasteiger partial charge in [0.2, 0.25) is 0 Å². The molecule has 9 heteroatoms. The van der Waals surface area contributed by atoms with Crippen LogP contribution in [-0.4, -0.2) is 30.1 Å². The lowest BCUT2D eigenvalue weighted by Gasteiger charge is -2.13. The van der Waals surface area contributed by atoms with Gasteiger partial charge in [-0.2, -0.15) is 0 Å². The predicted octanol–water partition coefficient (Wildman–Crippen LogP) is 4.40. The quantitative estimate of drug-likeness (QED) is 0.282. The lowest BCUT2D eigenvalue weighted by Crippen LogP contribution is -2.49. The maximum Gasteiger partial charge on any atom is 0.276 e. The molecule has 0 saturated heterocycles. The highest BCUT2D eigenvalue weighted by Crippen LogP contribution is 2.26. The second-order valence-electron chi connectivity index (χ2n) is 7.80. The highest BCUT2D eigenvalue weighted by atomic mass is 79.9. The molecule has 182 valence electrons. The van der Waals surface area contributed by atoms with Crippen LogP contribution in [0.1, 0.15) is 27.0 Å². The molecule has 7 nitrogen and oxygen atoms in total. The topological polar surface area (TPSA) is 88.7 Å². The van der Waals surface area contributed by atoms with E-state index >= 15 is 0 Å². The molecule has 0 aliphatic heterocycles. The zero-order valence-electron chi connectivity index (χ0n) is 19.4. The molecule has 0 radical (unpaired) electrons. The first-order chi connectivity index (χ1) is 16.8. The summed E-state index contributed by atoms with van der Waals surface area (Å²) in [6.45, 7) is 4.21. The van der Waals surface area contributed by atoms with E-state index in [9.17, 15) is 9.59 Å². The smallest absolute Gasteiger partial charge is 0.276 e. The highest BCUT2D eigenvalue weighted by Gasteiger charge is 2.12. The lowest BCUT2D eigenvalue weighted by molar-refractivity contribution is -0.123. The molecule has 2 amide bonds. The zero-order chi connectivity index (χ0) is 25.2. The largest absolute Gasteiger partial charge is 0.492 e. The Bertz CT molecular complexity index is 1180. The average Bonchev–Trinajstić information content (AvgIpc) is 2.82. The van der Waals surface area contributed by atoms with E-state index in [0.29, 0.717) is 28.1 Å². The Morgan fingerprint density at radius 1 is 0.914 bits per heavy atom. The number of hydrazine groups is 1. The number of aryl methyl sites for hydroxylation is 2. The maximum absolute atomic E-state index is 12.5. The Morgan fingerprint density at radius 2 is 1.63 bits per heavy atom. The molecule has 0 fully saturated rings. The van der Waals surface area contributed by atoms with Gasteiger partial charge in [0.25, 0.3) is 11.8 Å². The van der Waals surface area contributed by atoms with Crippen LogP contribution in [0, 0.1) is 13.8 Å². The molecule has 3 aromatic carbocycles. The van der Waals surface area contributed by atoms with Crippen molar-refractivity contribution >= 4 is 45.1 Å². The van der Waals surface area contributed by atoms with E-state index in [1.165, 1.54) is 5.56 Å². The van der Waals surface area contributed by atoms with Gasteiger partial charge in [-0.05, 0) is 89.0 Å². The summed E-state index contributed by atoms with van der Waals surface area (Å²) >= 11 is 8.53. The minimum absolute atomic E-state index is 0.0472. The molecule has 3 N–H and O–H groups in total. The molecule has 3 rings (SSSR count). The first-order valence-electron chi connectivity index (χ1n) is 10.9. The number of hydrogen-bond acceptors (Lipinski definition) is 5. The second kappa shape index (κ2) is 12.9. The van der Waals surface area contributed by atoms with Crippen LogP contribution in [0.3, 0.4) is 0 Å². The number of nitrogens with one attached hydrogen (secondary N) is 3. The normalized spacial score (nSPS) is 10.3. The molecule has 0 heterocycles. The van der Waals surface area contributed by atoms with Gasteiger partial charge in [0.1, 0.15) is 11.5 Å². The summed E-state index contributed by atoms with van der Waals surface area (Å²) in [6.07, 6.45) is 0.775. The summed E-state index contributed by atoms with van der Waals surface area (Å²) in [5.74, 6) is 0.362. The molecular formula is C26H26BrN3O4S. The van der Waals surface area contributed by atoms with Crippen molar-refractivity contribution in [2.24, 2.45) is 0 Å². The monoisotopic (exact) mass is 555 g/mol. The maximum atomic E-state index is 12.5. The first-order valence-corrected chi connectivity index (χ1v) is 12.1. The molecule has 0 spiro atoms. The van der Waals surface area contributed by atoms with Crippen molar-refractivity contribution in [3.8, 4) is 11.5 Å². The average molecular weight is 556 g/mol. The number of ether oxygens (including phenoxy) is 2. The number of benzene rings is 3. The van der Waals surface area contributed by atoms with E-state index in [1.807, 2.05) is 62.4 Å². The Hall–Kier alpha value is -3.43. The fraction of sp³-hybridized carbons (Fsp3) is 0.192. The molecule has 0 bridgehead atoms. The molecule has 0 atom stereocenters. The fourth-order valence-electron chi connectivity index (χ4n) is 3.22. The van der Waals surface area contributed by atoms with Crippen molar-refractivity contribution in [3.63, 3.8) is 0 Å². The molecule has 0 aliphatic carbocycles. The van der Waals surface area contributed by atoms with Crippen molar-refractivity contribution < 1.29 is 19.1 Å².